The molecule has 0 atom stereocenters. The Morgan fingerprint density at radius 2 is 0.812 bits per heavy atom. The van der Waals surface area contributed by atoms with E-state index in [1.165, 1.54) is 49.3 Å². The molecule has 0 heterocycles. The van der Waals surface area contributed by atoms with E-state index in [4.69, 9.17) is 0 Å². The van der Waals surface area contributed by atoms with E-state index in [-0.39, 0.29) is 0 Å². The molecule has 0 unspecified atom stereocenters. The first-order valence-electron chi connectivity index (χ1n) is 11.4. The summed E-state index contributed by atoms with van der Waals surface area (Å²) in [5.74, 6) is 0. The molecule has 0 saturated carbocycles. The van der Waals surface area contributed by atoms with Gasteiger partial charge in [0.25, 0.3) is 0 Å². The van der Waals surface area contributed by atoms with Crippen LogP contribution in [0.3, 0.4) is 0 Å². The summed E-state index contributed by atoms with van der Waals surface area (Å²) < 4.78 is 0. The Bertz CT molecular complexity index is 1250. The standard InChI is InChI=1S/C31H28B/c1-23-11-17-27(18-12-23)32(28-19-13-24(2)14-20-28,29-21-15-25(3)16-22-29)31-10-6-8-26-7-4-5-9-30(26)31/h4-22H,1-3H3/q-1. The fraction of sp³-hybridized carbons (Fsp3) is 0.0968. The Balaban J connectivity index is 1.97. The van der Waals surface area contributed by atoms with Crippen LogP contribution in [0.25, 0.3) is 10.8 Å². The zero-order valence-electron chi connectivity index (χ0n) is 19.0. The minimum atomic E-state index is -1.37. The fourth-order valence-electron chi connectivity index (χ4n) is 5.31. The van der Waals surface area contributed by atoms with Gasteiger partial charge in [0.1, 0.15) is 6.15 Å². The van der Waals surface area contributed by atoms with Gasteiger partial charge in [0.2, 0.25) is 0 Å². The van der Waals surface area contributed by atoms with E-state index in [1.54, 1.807) is 0 Å². The molecule has 0 radical (unpaired) electrons. The van der Waals surface area contributed by atoms with Crippen molar-refractivity contribution >= 4 is 38.8 Å². The summed E-state index contributed by atoms with van der Waals surface area (Å²) in [6.07, 6.45) is -1.37. The summed E-state index contributed by atoms with van der Waals surface area (Å²) in [6.45, 7) is 6.48. The van der Waals surface area contributed by atoms with Gasteiger partial charge in [-0.25, -0.2) is 0 Å². The van der Waals surface area contributed by atoms with Crippen LogP contribution in [-0.2, 0) is 0 Å². The molecule has 1 heteroatoms. The van der Waals surface area contributed by atoms with Gasteiger partial charge in [-0.05, 0) is 26.2 Å². The Hall–Kier alpha value is -3.58. The first-order valence-corrected chi connectivity index (χ1v) is 11.4. The lowest BCUT2D eigenvalue weighted by Crippen LogP contribution is -2.74. The van der Waals surface area contributed by atoms with Crippen LogP contribution in [0.1, 0.15) is 16.7 Å². The van der Waals surface area contributed by atoms with Crippen LogP contribution < -0.4 is 21.9 Å². The van der Waals surface area contributed by atoms with Crippen LogP contribution in [0.2, 0.25) is 0 Å². The second kappa shape index (κ2) is 8.17. The Morgan fingerprint density at radius 3 is 1.28 bits per heavy atom. The maximum atomic E-state index is 2.34. The minimum Gasteiger partial charge on any atom is -0.195 e. The molecule has 0 aliphatic carbocycles. The number of benzene rings is 5. The van der Waals surface area contributed by atoms with Gasteiger partial charge in [-0.1, -0.05) is 137 Å². The summed E-state index contributed by atoms with van der Waals surface area (Å²) in [6, 6.07) is 43.0. The minimum absolute atomic E-state index is 1.28. The third-order valence-electron chi connectivity index (χ3n) is 7.02. The van der Waals surface area contributed by atoms with Gasteiger partial charge in [0.15, 0.2) is 0 Å². The largest absolute Gasteiger partial charge is 0.195 e. The van der Waals surface area contributed by atoms with E-state index in [0.717, 1.165) is 0 Å². The number of hydrogen-bond acceptors (Lipinski definition) is 0. The van der Waals surface area contributed by atoms with Gasteiger partial charge >= 0.3 is 0 Å². The van der Waals surface area contributed by atoms with E-state index in [2.05, 4.69) is 136 Å². The smallest absolute Gasteiger partial charge is 0.108 e. The lowest BCUT2D eigenvalue weighted by molar-refractivity contribution is 1.47. The highest BCUT2D eigenvalue weighted by Crippen LogP contribution is 2.18. The summed E-state index contributed by atoms with van der Waals surface area (Å²) in [4.78, 5) is 0. The van der Waals surface area contributed by atoms with Crippen LogP contribution >= 0.6 is 0 Å². The Kier molecular flexibility index (Phi) is 5.19. The number of aryl methyl sites for hydroxylation is 3. The van der Waals surface area contributed by atoms with E-state index < -0.39 is 6.15 Å². The average molecular weight is 411 g/mol. The van der Waals surface area contributed by atoms with Crippen LogP contribution in [-0.4, -0.2) is 6.15 Å². The van der Waals surface area contributed by atoms with Crippen molar-refractivity contribution in [1.82, 2.24) is 0 Å². The molecule has 5 rings (SSSR count). The third kappa shape index (κ3) is 3.35. The van der Waals surface area contributed by atoms with E-state index in [1.807, 2.05) is 0 Å². The molecule has 156 valence electrons. The second-order valence-corrected chi connectivity index (χ2v) is 9.17. The van der Waals surface area contributed by atoms with Crippen LogP contribution in [0.5, 0.6) is 0 Å². The second-order valence-electron chi connectivity index (χ2n) is 9.17. The van der Waals surface area contributed by atoms with Crippen molar-refractivity contribution in [1.29, 1.82) is 0 Å². The molecule has 0 fully saturated rings. The predicted molar refractivity (Wildman–Crippen MR) is 142 cm³/mol. The fourth-order valence-corrected chi connectivity index (χ4v) is 5.31. The quantitative estimate of drug-likeness (QED) is 0.359. The summed E-state index contributed by atoms with van der Waals surface area (Å²) in [5, 5.41) is 2.60. The summed E-state index contributed by atoms with van der Waals surface area (Å²) >= 11 is 0. The Morgan fingerprint density at radius 1 is 0.406 bits per heavy atom. The molecular weight excluding hydrogens is 383 g/mol. The van der Waals surface area contributed by atoms with Crippen molar-refractivity contribution in [2.75, 3.05) is 0 Å². The lowest BCUT2D eigenvalue weighted by atomic mass is 9.12. The van der Waals surface area contributed by atoms with Gasteiger partial charge in [-0.3, -0.25) is 0 Å². The molecule has 0 aliphatic heterocycles. The highest BCUT2D eigenvalue weighted by molar-refractivity contribution is 7.20. The first-order chi connectivity index (χ1) is 15.6. The van der Waals surface area contributed by atoms with E-state index >= 15 is 0 Å². The molecule has 0 nitrogen and oxygen atoms in total. The van der Waals surface area contributed by atoms with Gasteiger partial charge in [0, 0.05) is 0 Å². The van der Waals surface area contributed by atoms with Crippen LogP contribution in [0, 0.1) is 20.8 Å². The molecule has 5 aromatic carbocycles. The van der Waals surface area contributed by atoms with Gasteiger partial charge in [-0.15, -0.1) is 0 Å². The van der Waals surface area contributed by atoms with Crippen molar-refractivity contribution in [3.8, 4) is 0 Å². The summed E-state index contributed by atoms with van der Waals surface area (Å²) in [7, 11) is 0. The third-order valence-corrected chi connectivity index (χ3v) is 7.02. The average Bonchev–Trinajstić information content (AvgIpc) is 2.83. The van der Waals surface area contributed by atoms with Gasteiger partial charge < -0.3 is 0 Å². The van der Waals surface area contributed by atoms with E-state index in [0.29, 0.717) is 0 Å². The normalized spacial score (nSPS) is 11.6. The predicted octanol–water partition coefficient (Wildman–Crippen LogP) is 5.14. The highest BCUT2D eigenvalue weighted by Gasteiger charge is 2.32. The molecule has 0 amide bonds. The SMILES string of the molecule is Cc1ccc([B-](c2ccc(C)cc2)(c2ccc(C)cc2)c2cccc3ccccc23)cc1. The van der Waals surface area contributed by atoms with Crippen LogP contribution in [0.4, 0.5) is 0 Å². The maximum absolute atomic E-state index is 2.34. The molecule has 0 spiro atoms. The van der Waals surface area contributed by atoms with Crippen molar-refractivity contribution in [3.63, 3.8) is 0 Å². The first kappa shape index (κ1) is 20.3. The lowest BCUT2D eigenvalue weighted by Gasteiger charge is -2.45. The molecule has 0 bridgehead atoms. The number of fused-ring (bicyclic) bond motifs is 1. The highest BCUT2D eigenvalue weighted by atomic mass is 14.1. The molecular formula is C31H28B-. The molecule has 0 aliphatic rings. The molecule has 0 N–H and O–H groups in total. The monoisotopic (exact) mass is 411 g/mol. The molecule has 0 saturated heterocycles. The molecule has 5 aromatic rings. The molecule has 32 heavy (non-hydrogen) atoms. The van der Waals surface area contributed by atoms with Gasteiger partial charge in [0.05, 0.1) is 0 Å². The number of rotatable bonds is 4. The number of hydrogen-bond donors (Lipinski definition) is 0. The topological polar surface area (TPSA) is 0 Å². The summed E-state index contributed by atoms with van der Waals surface area (Å²) in [5.41, 5.74) is 9.26. The van der Waals surface area contributed by atoms with E-state index in [9.17, 15) is 0 Å². The zero-order chi connectivity index (χ0) is 22.1. The van der Waals surface area contributed by atoms with Gasteiger partial charge in [-0.2, -0.15) is 21.9 Å². The van der Waals surface area contributed by atoms with Crippen molar-refractivity contribution in [2.45, 2.75) is 20.8 Å². The van der Waals surface area contributed by atoms with Crippen LogP contribution in [0.15, 0.2) is 115 Å². The van der Waals surface area contributed by atoms with Crippen molar-refractivity contribution in [2.24, 2.45) is 0 Å². The van der Waals surface area contributed by atoms with Crippen molar-refractivity contribution < 1.29 is 0 Å². The zero-order valence-corrected chi connectivity index (χ0v) is 19.0. The van der Waals surface area contributed by atoms with Crippen molar-refractivity contribution in [3.05, 3.63) is 132 Å². The Labute approximate surface area is 191 Å². The molecule has 0 aromatic heterocycles. The maximum Gasteiger partial charge on any atom is 0.108 e.